The summed E-state index contributed by atoms with van der Waals surface area (Å²) in [7, 11) is 0. The zero-order valence-corrected chi connectivity index (χ0v) is 15.3. The number of amides is 1. The molecule has 1 saturated carbocycles. The van der Waals surface area contributed by atoms with E-state index in [-0.39, 0.29) is 5.92 Å². The standard InChI is InChI=1S/C21H31N3O/c1-2-12-24(18-11-10-15-6-3-4-7-16(15)13-18)21(25)19-9-5-8-17-14-22-23-20(17)19/h3-4,6-7,17-20,22-23H,2,5,8-14H2,1H3. The molecule has 0 aromatic heterocycles. The van der Waals surface area contributed by atoms with Crippen LogP contribution in [0.4, 0.5) is 0 Å². The molecule has 4 unspecified atom stereocenters. The Labute approximate surface area is 151 Å². The van der Waals surface area contributed by atoms with Crippen molar-refractivity contribution < 1.29 is 4.79 Å². The number of carbonyl (C=O) groups is 1. The lowest BCUT2D eigenvalue weighted by Crippen LogP contribution is -2.53. The smallest absolute Gasteiger partial charge is 0.227 e. The van der Waals surface area contributed by atoms with Gasteiger partial charge in [0.2, 0.25) is 5.91 Å². The van der Waals surface area contributed by atoms with Crippen LogP contribution in [-0.4, -0.2) is 36.0 Å². The van der Waals surface area contributed by atoms with E-state index >= 15 is 0 Å². The Balaban J connectivity index is 1.52. The van der Waals surface area contributed by atoms with Gasteiger partial charge in [-0.1, -0.05) is 37.6 Å². The number of carbonyl (C=O) groups excluding carboxylic acids is 1. The molecule has 136 valence electrons. The first-order valence-corrected chi connectivity index (χ1v) is 10.1. The van der Waals surface area contributed by atoms with Crippen molar-refractivity contribution in [3.8, 4) is 0 Å². The molecule has 1 aromatic carbocycles. The molecule has 4 nitrogen and oxygen atoms in total. The number of rotatable bonds is 4. The van der Waals surface area contributed by atoms with Gasteiger partial charge in [0, 0.05) is 25.2 Å². The minimum absolute atomic E-state index is 0.150. The lowest BCUT2D eigenvalue weighted by Gasteiger charge is -2.40. The summed E-state index contributed by atoms with van der Waals surface area (Å²) in [6.07, 6.45) is 7.75. The second-order valence-electron chi connectivity index (χ2n) is 8.05. The zero-order valence-electron chi connectivity index (χ0n) is 15.3. The van der Waals surface area contributed by atoms with Gasteiger partial charge in [-0.3, -0.25) is 15.6 Å². The first kappa shape index (κ1) is 17.0. The van der Waals surface area contributed by atoms with Gasteiger partial charge in [-0.2, -0.15) is 0 Å². The third-order valence-corrected chi connectivity index (χ3v) is 6.49. The third-order valence-electron chi connectivity index (χ3n) is 6.49. The Morgan fingerprint density at radius 1 is 1.20 bits per heavy atom. The fraction of sp³-hybridized carbons (Fsp3) is 0.667. The zero-order chi connectivity index (χ0) is 17.2. The highest BCUT2D eigenvalue weighted by atomic mass is 16.2. The Morgan fingerprint density at radius 2 is 2.04 bits per heavy atom. The summed E-state index contributed by atoms with van der Waals surface area (Å²) in [5.74, 6) is 1.17. The molecule has 1 saturated heterocycles. The molecular formula is C21H31N3O. The van der Waals surface area contributed by atoms with Gasteiger partial charge in [-0.25, -0.2) is 0 Å². The molecule has 4 atom stereocenters. The van der Waals surface area contributed by atoms with Gasteiger partial charge in [0.05, 0.1) is 5.92 Å². The molecule has 2 fully saturated rings. The molecular weight excluding hydrogens is 310 g/mol. The summed E-state index contributed by atoms with van der Waals surface area (Å²) in [4.78, 5) is 15.7. The molecule has 0 radical (unpaired) electrons. The van der Waals surface area contributed by atoms with Gasteiger partial charge in [0.15, 0.2) is 0 Å². The van der Waals surface area contributed by atoms with E-state index in [2.05, 4.69) is 46.9 Å². The van der Waals surface area contributed by atoms with E-state index in [1.165, 1.54) is 24.0 Å². The number of nitrogens with zero attached hydrogens (tertiary/aromatic N) is 1. The molecule has 2 N–H and O–H groups in total. The van der Waals surface area contributed by atoms with Crippen LogP contribution in [0.1, 0.15) is 50.2 Å². The third kappa shape index (κ3) is 3.34. The highest BCUT2D eigenvalue weighted by Crippen LogP contribution is 2.34. The van der Waals surface area contributed by atoms with Crippen LogP contribution in [0.3, 0.4) is 0 Å². The van der Waals surface area contributed by atoms with E-state index in [0.29, 0.717) is 23.9 Å². The number of hydrazine groups is 1. The molecule has 25 heavy (non-hydrogen) atoms. The first-order chi connectivity index (χ1) is 12.3. The summed E-state index contributed by atoms with van der Waals surface area (Å²) in [5.41, 5.74) is 9.61. The largest absolute Gasteiger partial charge is 0.339 e. The van der Waals surface area contributed by atoms with E-state index in [4.69, 9.17) is 0 Å². The van der Waals surface area contributed by atoms with Crippen LogP contribution < -0.4 is 10.9 Å². The van der Waals surface area contributed by atoms with E-state index in [9.17, 15) is 4.79 Å². The molecule has 0 spiro atoms. The number of hydrogen-bond acceptors (Lipinski definition) is 3. The highest BCUT2D eigenvalue weighted by molar-refractivity contribution is 5.80. The first-order valence-electron chi connectivity index (χ1n) is 10.1. The average Bonchev–Trinajstić information content (AvgIpc) is 3.14. The SMILES string of the molecule is CCCN(C(=O)C1CCCC2CNNC21)C1CCc2ccccc2C1. The number of nitrogens with one attached hydrogen (secondary N) is 2. The second kappa shape index (κ2) is 7.46. The van der Waals surface area contributed by atoms with Crippen molar-refractivity contribution in [2.24, 2.45) is 11.8 Å². The molecule has 3 aliphatic rings. The number of fused-ring (bicyclic) bond motifs is 2. The van der Waals surface area contributed by atoms with Crippen molar-refractivity contribution in [3.05, 3.63) is 35.4 Å². The molecule has 4 heteroatoms. The van der Waals surface area contributed by atoms with Crippen LogP contribution in [-0.2, 0) is 17.6 Å². The van der Waals surface area contributed by atoms with Crippen LogP contribution in [0.5, 0.6) is 0 Å². The number of aryl methyl sites for hydroxylation is 1. The van der Waals surface area contributed by atoms with Crippen LogP contribution in [0, 0.1) is 11.8 Å². The molecule has 1 aliphatic heterocycles. The van der Waals surface area contributed by atoms with Crippen molar-refractivity contribution in [1.82, 2.24) is 15.8 Å². The predicted octanol–water partition coefficient (Wildman–Crippen LogP) is 2.68. The van der Waals surface area contributed by atoms with Crippen molar-refractivity contribution in [1.29, 1.82) is 0 Å². The Morgan fingerprint density at radius 3 is 2.88 bits per heavy atom. The minimum atomic E-state index is 0.150. The maximum absolute atomic E-state index is 13.5. The molecule has 0 bridgehead atoms. The average molecular weight is 341 g/mol. The van der Waals surface area contributed by atoms with Crippen molar-refractivity contribution in [3.63, 3.8) is 0 Å². The highest BCUT2D eigenvalue weighted by Gasteiger charge is 2.42. The van der Waals surface area contributed by atoms with Crippen molar-refractivity contribution >= 4 is 5.91 Å². The van der Waals surface area contributed by atoms with E-state index < -0.39 is 0 Å². The summed E-state index contributed by atoms with van der Waals surface area (Å²) in [6.45, 7) is 4.10. The lowest BCUT2D eigenvalue weighted by atomic mass is 9.77. The maximum atomic E-state index is 13.5. The molecule has 1 heterocycles. The van der Waals surface area contributed by atoms with E-state index in [1.807, 2.05) is 0 Å². The summed E-state index contributed by atoms with van der Waals surface area (Å²) >= 11 is 0. The van der Waals surface area contributed by atoms with Gasteiger partial charge in [-0.05, 0) is 55.6 Å². The van der Waals surface area contributed by atoms with E-state index in [1.54, 1.807) is 0 Å². The lowest BCUT2D eigenvalue weighted by molar-refractivity contribution is -0.140. The number of hydrogen-bond donors (Lipinski definition) is 2. The van der Waals surface area contributed by atoms with Crippen LogP contribution in [0.15, 0.2) is 24.3 Å². The summed E-state index contributed by atoms with van der Waals surface area (Å²) in [5, 5.41) is 0. The van der Waals surface area contributed by atoms with Crippen LogP contribution >= 0.6 is 0 Å². The molecule has 4 rings (SSSR count). The molecule has 1 amide bonds. The monoisotopic (exact) mass is 341 g/mol. The van der Waals surface area contributed by atoms with Gasteiger partial charge in [0.25, 0.3) is 0 Å². The maximum Gasteiger partial charge on any atom is 0.227 e. The molecule has 2 aliphatic carbocycles. The fourth-order valence-electron chi connectivity index (χ4n) is 5.19. The van der Waals surface area contributed by atoms with Gasteiger partial charge < -0.3 is 4.90 Å². The Kier molecular flexibility index (Phi) is 5.09. The number of benzene rings is 1. The predicted molar refractivity (Wildman–Crippen MR) is 100 cm³/mol. The fourth-order valence-corrected chi connectivity index (χ4v) is 5.19. The van der Waals surface area contributed by atoms with Crippen molar-refractivity contribution in [2.75, 3.05) is 13.1 Å². The van der Waals surface area contributed by atoms with Crippen LogP contribution in [0.25, 0.3) is 0 Å². The van der Waals surface area contributed by atoms with Gasteiger partial charge in [0.1, 0.15) is 0 Å². The van der Waals surface area contributed by atoms with Crippen molar-refractivity contribution in [2.45, 2.75) is 64.0 Å². The Hall–Kier alpha value is -1.39. The van der Waals surface area contributed by atoms with Gasteiger partial charge >= 0.3 is 0 Å². The normalized spacial score (nSPS) is 31.2. The Bertz CT molecular complexity index is 617. The minimum Gasteiger partial charge on any atom is -0.339 e. The van der Waals surface area contributed by atoms with Gasteiger partial charge in [-0.15, -0.1) is 0 Å². The second-order valence-corrected chi connectivity index (χ2v) is 8.05. The quantitative estimate of drug-likeness (QED) is 0.885. The summed E-state index contributed by atoms with van der Waals surface area (Å²) < 4.78 is 0. The topological polar surface area (TPSA) is 44.4 Å². The summed E-state index contributed by atoms with van der Waals surface area (Å²) in [6, 6.07) is 9.46. The van der Waals surface area contributed by atoms with E-state index in [0.717, 1.165) is 45.2 Å². The molecule has 1 aromatic rings. The van der Waals surface area contributed by atoms with Crippen LogP contribution in [0.2, 0.25) is 0 Å².